The summed E-state index contributed by atoms with van der Waals surface area (Å²) in [6, 6.07) is 3.67. The van der Waals surface area contributed by atoms with Crippen LogP contribution in [-0.4, -0.2) is 29.5 Å². The van der Waals surface area contributed by atoms with Crippen molar-refractivity contribution >= 4 is 23.6 Å². The van der Waals surface area contributed by atoms with E-state index in [2.05, 4.69) is 15.0 Å². The van der Waals surface area contributed by atoms with Crippen molar-refractivity contribution in [1.82, 2.24) is 4.98 Å². The van der Waals surface area contributed by atoms with Gasteiger partial charge in [-0.3, -0.25) is 0 Å². The lowest BCUT2D eigenvalue weighted by Crippen LogP contribution is -2.25. The van der Waals surface area contributed by atoms with E-state index in [9.17, 15) is 0 Å². The standard InChI is InChI=1S/C11H12ClN3O/c12-7-1-2-13-11(3-7)15-5-9-8(4-14-16)10(9)6-15/h1-4,8-10,16H,5-6H2/b14-4+/t8-,9-,10+. The minimum Gasteiger partial charge on any atom is -0.411 e. The third kappa shape index (κ3) is 1.53. The van der Waals surface area contributed by atoms with E-state index < -0.39 is 0 Å². The number of pyridine rings is 1. The molecule has 0 amide bonds. The molecule has 0 spiro atoms. The molecule has 0 bridgehead atoms. The Bertz CT molecular complexity index is 425. The molecule has 1 aliphatic heterocycles. The van der Waals surface area contributed by atoms with E-state index in [1.165, 1.54) is 0 Å². The molecule has 2 aliphatic rings. The Kier molecular flexibility index (Phi) is 2.24. The van der Waals surface area contributed by atoms with Crippen LogP contribution in [0.1, 0.15) is 0 Å². The highest BCUT2D eigenvalue weighted by Crippen LogP contribution is 2.51. The number of rotatable bonds is 2. The van der Waals surface area contributed by atoms with Gasteiger partial charge in [-0.05, 0) is 24.0 Å². The first kappa shape index (κ1) is 9.90. The van der Waals surface area contributed by atoms with E-state index in [0.29, 0.717) is 17.8 Å². The molecule has 16 heavy (non-hydrogen) atoms. The summed E-state index contributed by atoms with van der Waals surface area (Å²) in [5.74, 6) is 2.65. The molecule has 84 valence electrons. The molecule has 1 N–H and O–H groups in total. The van der Waals surface area contributed by atoms with Crippen LogP contribution in [0.2, 0.25) is 5.02 Å². The Balaban J connectivity index is 1.69. The van der Waals surface area contributed by atoms with E-state index in [1.54, 1.807) is 18.5 Å². The number of halogens is 1. The molecule has 1 aromatic heterocycles. The molecule has 0 unspecified atom stereocenters. The van der Waals surface area contributed by atoms with Crippen LogP contribution in [0.15, 0.2) is 23.5 Å². The Morgan fingerprint density at radius 2 is 2.25 bits per heavy atom. The highest BCUT2D eigenvalue weighted by atomic mass is 35.5. The fourth-order valence-electron chi connectivity index (χ4n) is 2.62. The number of nitrogens with zero attached hydrogens (tertiary/aromatic N) is 3. The fourth-order valence-corrected chi connectivity index (χ4v) is 2.78. The first-order valence-electron chi connectivity index (χ1n) is 5.33. The first-order valence-corrected chi connectivity index (χ1v) is 5.71. The third-order valence-electron chi connectivity index (χ3n) is 3.53. The zero-order chi connectivity index (χ0) is 11.1. The van der Waals surface area contributed by atoms with Gasteiger partial charge in [0.25, 0.3) is 0 Å². The smallest absolute Gasteiger partial charge is 0.129 e. The van der Waals surface area contributed by atoms with Gasteiger partial charge >= 0.3 is 0 Å². The van der Waals surface area contributed by atoms with E-state index in [-0.39, 0.29) is 0 Å². The summed E-state index contributed by atoms with van der Waals surface area (Å²) in [7, 11) is 0. The van der Waals surface area contributed by atoms with Crippen LogP contribution in [0.3, 0.4) is 0 Å². The van der Waals surface area contributed by atoms with Crippen LogP contribution in [0.25, 0.3) is 0 Å². The molecule has 0 aromatic carbocycles. The molecule has 1 saturated carbocycles. The quantitative estimate of drug-likeness (QED) is 0.485. The predicted molar refractivity (Wildman–Crippen MR) is 62.2 cm³/mol. The maximum Gasteiger partial charge on any atom is 0.129 e. The molecule has 1 aliphatic carbocycles. The van der Waals surface area contributed by atoms with Crippen LogP contribution in [0.4, 0.5) is 5.82 Å². The maximum absolute atomic E-state index is 8.48. The van der Waals surface area contributed by atoms with E-state index in [0.717, 1.165) is 23.9 Å². The lowest BCUT2D eigenvalue weighted by Gasteiger charge is -2.19. The van der Waals surface area contributed by atoms with Crippen molar-refractivity contribution < 1.29 is 5.21 Å². The van der Waals surface area contributed by atoms with Gasteiger partial charge in [-0.25, -0.2) is 4.98 Å². The second-order valence-electron chi connectivity index (χ2n) is 4.41. The number of hydrogen-bond donors (Lipinski definition) is 1. The molecular weight excluding hydrogens is 226 g/mol. The van der Waals surface area contributed by atoms with Gasteiger partial charge in [0.05, 0.1) is 0 Å². The molecular formula is C11H12ClN3O. The predicted octanol–water partition coefficient (Wildman–Crippen LogP) is 1.88. The second-order valence-corrected chi connectivity index (χ2v) is 4.84. The molecule has 3 rings (SSSR count). The average Bonchev–Trinajstić information content (AvgIpc) is 2.75. The highest BCUT2D eigenvalue weighted by Gasteiger charge is 2.55. The number of oxime groups is 1. The van der Waals surface area contributed by atoms with Crippen LogP contribution in [-0.2, 0) is 0 Å². The van der Waals surface area contributed by atoms with Gasteiger partial charge in [-0.2, -0.15) is 0 Å². The summed E-state index contributed by atoms with van der Waals surface area (Å²) < 4.78 is 0. The van der Waals surface area contributed by atoms with Crippen LogP contribution in [0.5, 0.6) is 0 Å². The summed E-state index contributed by atoms with van der Waals surface area (Å²) >= 11 is 5.93. The van der Waals surface area contributed by atoms with E-state index >= 15 is 0 Å². The fraction of sp³-hybridized carbons (Fsp3) is 0.455. The first-order chi connectivity index (χ1) is 7.79. The zero-order valence-electron chi connectivity index (χ0n) is 8.62. The number of fused-ring (bicyclic) bond motifs is 1. The Morgan fingerprint density at radius 1 is 1.50 bits per heavy atom. The lowest BCUT2D eigenvalue weighted by atomic mass is 10.3. The largest absolute Gasteiger partial charge is 0.411 e. The SMILES string of the molecule is O/N=C/[C@@H]1[C@H]2CN(c3cc(Cl)ccn3)C[C@@H]12. The van der Waals surface area contributed by atoms with Crippen molar-refractivity contribution in [2.24, 2.45) is 22.9 Å². The lowest BCUT2D eigenvalue weighted by molar-refractivity contribution is 0.319. The van der Waals surface area contributed by atoms with Crippen LogP contribution >= 0.6 is 11.6 Å². The van der Waals surface area contributed by atoms with Crippen molar-refractivity contribution in [3.8, 4) is 0 Å². The summed E-state index contributed by atoms with van der Waals surface area (Å²) in [6.07, 6.45) is 3.38. The van der Waals surface area contributed by atoms with Crippen LogP contribution in [0, 0.1) is 17.8 Å². The highest BCUT2D eigenvalue weighted by molar-refractivity contribution is 6.30. The maximum atomic E-state index is 8.48. The molecule has 2 heterocycles. The van der Waals surface area contributed by atoms with Crippen molar-refractivity contribution in [1.29, 1.82) is 0 Å². The van der Waals surface area contributed by atoms with Crippen molar-refractivity contribution in [2.45, 2.75) is 0 Å². The van der Waals surface area contributed by atoms with Gasteiger partial charge in [0, 0.05) is 36.4 Å². The zero-order valence-corrected chi connectivity index (χ0v) is 9.38. The van der Waals surface area contributed by atoms with E-state index in [4.69, 9.17) is 16.8 Å². The molecule has 4 nitrogen and oxygen atoms in total. The average molecular weight is 238 g/mol. The summed E-state index contributed by atoms with van der Waals surface area (Å²) in [6.45, 7) is 1.96. The molecule has 1 aromatic rings. The number of piperidine rings is 1. The minimum absolute atomic E-state index is 0.459. The van der Waals surface area contributed by atoms with Gasteiger partial charge in [0.1, 0.15) is 5.82 Å². The molecule has 2 fully saturated rings. The van der Waals surface area contributed by atoms with E-state index in [1.807, 2.05) is 6.07 Å². The third-order valence-corrected chi connectivity index (χ3v) is 3.77. The minimum atomic E-state index is 0.459. The number of aromatic nitrogens is 1. The molecule has 0 radical (unpaired) electrons. The Labute approximate surface area is 98.5 Å². The van der Waals surface area contributed by atoms with Crippen molar-refractivity contribution in [3.05, 3.63) is 23.4 Å². The van der Waals surface area contributed by atoms with Gasteiger partial charge in [0.2, 0.25) is 0 Å². The van der Waals surface area contributed by atoms with Gasteiger partial charge in [0.15, 0.2) is 0 Å². The number of hydrogen-bond acceptors (Lipinski definition) is 4. The molecule has 5 heteroatoms. The monoisotopic (exact) mass is 237 g/mol. The van der Waals surface area contributed by atoms with Gasteiger partial charge in [-0.1, -0.05) is 11.6 Å². The van der Waals surface area contributed by atoms with Gasteiger partial charge in [-0.15, -0.1) is 5.16 Å². The Morgan fingerprint density at radius 3 is 2.88 bits per heavy atom. The molecule has 3 atom stereocenters. The van der Waals surface area contributed by atoms with Crippen molar-refractivity contribution in [3.63, 3.8) is 0 Å². The normalized spacial score (nSPS) is 32.1. The van der Waals surface area contributed by atoms with Crippen molar-refractivity contribution in [2.75, 3.05) is 18.0 Å². The summed E-state index contributed by atoms with van der Waals surface area (Å²) in [4.78, 5) is 6.55. The second kappa shape index (κ2) is 3.63. The Hall–Kier alpha value is -1.29. The number of anilines is 1. The summed E-state index contributed by atoms with van der Waals surface area (Å²) in [5.41, 5.74) is 0. The van der Waals surface area contributed by atoms with Crippen LogP contribution < -0.4 is 4.90 Å². The van der Waals surface area contributed by atoms with Gasteiger partial charge < -0.3 is 10.1 Å². The summed E-state index contributed by atoms with van der Waals surface area (Å²) in [5, 5.41) is 12.3. The molecule has 1 saturated heterocycles. The topological polar surface area (TPSA) is 48.7 Å².